The van der Waals surface area contributed by atoms with Crippen LogP contribution in [0.25, 0.3) is 11.1 Å². The molecule has 0 aliphatic rings. The smallest absolute Gasteiger partial charge is 0.137 e. The Kier molecular flexibility index (Phi) is 4.12. The molecule has 0 aliphatic heterocycles. The van der Waals surface area contributed by atoms with Crippen molar-refractivity contribution >= 4 is 0 Å². The molecule has 0 fully saturated rings. The van der Waals surface area contributed by atoms with Gasteiger partial charge in [-0.15, -0.1) is 0 Å². The molecule has 0 N–H and O–H groups in total. The van der Waals surface area contributed by atoms with E-state index in [-0.39, 0.29) is 0 Å². The average Bonchev–Trinajstić information content (AvgIpc) is 2.61. The minimum Gasteiger partial charge on any atom is -0.488 e. The Hall–Kier alpha value is -3.12. The molecule has 1 heterocycles. The van der Waals surface area contributed by atoms with Gasteiger partial charge in [0, 0.05) is 12.4 Å². The van der Waals surface area contributed by atoms with Gasteiger partial charge in [0.15, 0.2) is 0 Å². The van der Waals surface area contributed by atoms with Gasteiger partial charge >= 0.3 is 0 Å². The molecule has 0 saturated carbocycles. The standard InChI is InChI=1S/C19H14N2O/c20-13-18-12-17(16-8-10-21-11-9-16)6-7-19(18)22-14-15-4-2-1-3-5-15/h1-12H,14H2. The molecule has 0 saturated heterocycles. The van der Waals surface area contributed by atoms with Crippen LogP contribution in [0.4, 0.5) is 0 Å². The van der Waals surface area contributed by atoms with Gasteiger partial charge in [-0.25, -0.2) is 0 Å². The van der Waals surface area contributed by atoms with Crippen LogP contribution in [-0.4, -0.2) is 4.98 Å². The Morgan fingerprint density at radius 3 is 2.41 bits per heavy atom. The lowest BCUT2D eigenvalue weighted by atomic mass is 10.0. The fourth-order valence-electron chi connectivity index (χ4n) is 2.20. The van der Waals surface area contributed by atoms with Crippen molar-refractivity contribution in [3.8, 4) is 22.9 Å². The van der Waals surface area contributed by atoms with Crippen LogP contribution in [0.5, 0.6) is 5.75 Å². The molecule has 3 rings (SSSR count). The first-order valence-electron chi connectivity index (χ1n) is 6.98. The van der Waals surface area contributed by atoms with E-state index in [1.54, 1.807) is 12.4 Å². The van der Waals surface area contributed by atoms with Crippen molar-refractivity contribution in [3.05, 3.63) is 84.2 Å². The van der Waals surface area contributed by atoms with Crippen molar-refractivity contribution < 1.29 is 4.74 Å². The summed E-state index contributed by atoms with van der Waals surface area (Å²) < 4.78 is 5.77. The Morgan fingerprint density at radius 2 is 1.68 bits per heavy atom. The molecule has 0 radical (unpaired) electrons. The fraction of sp³-hybridized carbons (Fsp3) is 0.0526. The van der Waals surface area contributed by atoms with E-state index in [1.807, 2.05) is 60.7 Å². The summed E-state index contributed by atoms with van der Waals surface area (Å²) >= 11 is 0. The molecule has 1 aromatic heterocycles. The molecule has 22 heavy (non-hydrogen) atoms. The van der Waals surface area contributed by atoms with Gasteiger partial charge in [-0.3, -0.25) is 4.98 Å². The van der Waals surface area contributed by atoms with Crippen molar-refractivity contribution in [1.29, 1.82) is 5.26 Å². The second kappa shape index (κ2) is 6.55. The van der Waals surface area contributed by atoms with Crippen LogP contribution in [0.1, 0.15) is 11.1 Å². The second-order valence-electron chi connectivity index (χ2n) is 4.83. The van der Waals surface area contributed by atoms with Gasteiger partial charge in [0.1, 0.15) is 18.4 Å². The SMILES string of the molecule is N#Cc1cc(-c2ccncc2)ccc1OCc1ccccc1. The topological polar surface area (TPSA) is 45.9 Å². The summed E-state index contributed by atoms with van der Waals surface area (Å²) in [6, 6.07) is 21.6. The third kappa shape index (κ3) is 3.13. The molecule has 0 spiro atoms. The van der Waals surface area contributed by atoms with Gasteiger partial charge in [0.25, 0.3) is 0 Å². The number of hydrogen-bond donors (Lipinski definition) is 0. The van der Waals surface area contributed by atoms with Crippen LogP contribution in [0, 0.1) is 11.3 Å². The molecule has 106 valence electrons. The summed E-state index contributed by atoms with van der Waals surface area (Å²) in [6.07, 6.45) is 3.47. The van der Waals surface area contributed by atoms with Gasteiger partial charge in [-0.2, -0.15) is 5.26 Å². The lowest BCUT2D eigenvalue weighted by Gasteiger charge is -2.09. The quantitative estimate of drug-likeness (QED) is 0.722. The molecule has 0 bridgehead atoms. The number of ether oxygens (including phenoxy) is 1. The average molecular weight is 286 g/mol. The predicted molar refractivity (Wildman–Crippen MR) is 85.2 cm³/mol. The second-order valence-corrected chi connectivity index (χ2v) is 4.83. The van der Waals surface area contributed by atoms with Crippen molar-refractivity contribution in [2.45, 2.75) is 6.61 Å². The lowest BCUT2D eigenvalue weighted by molar-refractivity contribution is 0.305. The number of nitriles is 1. The van der Waals surface area contributed by atoms with Gasteiger partial charge in [0.05, 0.1) is 5.56 Å². The predicted octanol–water partition coefficient (Wildman–Crippen LogP) is 4.20. The first-order valence-corrected chi connectivity index (χ1v) is 6.98. The first-order chi connectivity index (χ1) is 10.9. The van der Waals surface area contributed by atoms with Gasteiger partial charge in [-0.05, 0) is 41.0 Å². The van der Waals surface area contributed by atoms with Gasteiger partial charge < -0.3 is 4.74 Å². The zero-order chi connectivity index (χ0) is 15.2. The normalized spacial score (nSPS) is 9.95. The molecular formula is C19H14N2O. The molecule has 0 atom stereocenters. The number of nitrogens with zero attached hydrogens (tertiary/aromatic N) is 2. The molecule has 0 unspecified atom stereocenters. The Balaban J connectivity index is 1.83. The zero-order valence-corrected chi connectivity index (χ0v) is 11.9. The van der Waals surface area contributed by atoms with E-state index in [4.69, 9.17) is 4.74 Å². The maximum atomic E-state index is 9.34. The summed E-state index contributed by atoms with van der Waals surface area (Å²) in [5.41, 5.74) is 3.61. The van der Waals surface area contributed by atoms with Crippen molar-refractivity contribution in [1.82, 2.24) is 4.98 Å². The highest BCUT2D eigenvalue weighted by Gasteiger charge is 2.06. The molecule has 0 aliphatic carbocycles. The number of benzene rings is 2. The summed E-state index contributed by atoms with van der Waals surface area (Å²) in [6.45, 7) is 0.449. The molecule has 0 amide bonds. The van der Waals surface area contributed by atoms with Crippen molar-refractivity contribution in [3.63, 3.8) is 0 Å². The van der Waals surface area contributed by atoms with Gasteiger partial charge in [-0.1, -0.05) is 36.4 Å². The first kappa shape index (κ1) is 13.8. The maximum absolute atomic E-state index is 9.34. The number of aromatic nitrogens is 1. The van der Waals surface area contributed by atoms with Crippen LogP contribution in [0.2, 0.25) is 0 Å². The molecule has 3 nitrogen and oxygen atoms in total. The molecular weight excluding hydrogens is 272 g/mol. The van der Waals surface area contributed by atoms with Crippen LogP contribution in [-0.2, 0) is 6.61 Å². The highest BCUT2D eigenvalue weighted by molar-refractivity contribution is 5.66. The zero-order valence-electron chi connectivity index (χ0n) is 11.9. The van der Waals surface area contributed by atoms with Crippen molar-refractivity contribution in [2.24, 2.45) is 0 Å². The summed E-state index contributed by atoms with van der Waals surface area (Å²) in [4.78, 5) is 4.00. The highest BCUT2D eigenvalue weighted by atomic mass is 16.5. The van der Waals surface area contributed by atoms with Crippen LogP contribution in [0.3, 0.4) is 0 Å². The number of pyridine rings is 1. The van der Waals surface area contributed by atoms with E-state index < -0.39 is 0 Å². The van der Waals surface area contributed by atoms with Crippen LogP contribution in [0.15, 0.2) is 73.1 Å². The minimum absolute atomic E-state index is 0.449. The summed E-state index contributed by atoms with van der Waals surface area (Å²) in [7, 11) is 0. The monoisotopic (exact) mass is 286 g/mol. The summed E-state index contributed by atoms with van der Waals surface area (Å²) in [5, 5.41) is 9.34. The molecule has 3 aromatic rings. The maximum Gasteiger partial charge on any atom is 0.137 e. The van der Waals surface area contributed by atoms with Crippen LogP contribution < -0.4 is 4.74 Å². The van der Waals surface area contributed by atoms with E-state index in [0.717, 1.165) is 16.7 Å². The van der Waals surface area contributed by atoms with E-state index >= 15 is 0 Å². The van der Waals surface area contributed by atoms with Crippen molar-refractivity contribution in [2.75, 3.05) is 0 Å². The molecule has 3 heteroatoms. The van der Waals surface area contributed by atoms with E-state index in [2.05, 4.69) is 11.1 Å². The largest absolute Gasteiger partial charge is 0.488 e. The lowest BCUT2D eigenvalue weighted by Crippen LogP contribution is -1.97. The van der Waals surface area contributed by atoms with Gasteiger partial charge in [0.2, 0.25) is 0 Å². The van der Waals surface area contributed by atoms with E-state index in [0.29, 0.717) is 17.9 Å². The minimum atomic E-state index is 0.449. The Labute approximate surface area is 129 Å². The highest BCUT2D eigenvalue weighted by Crippen LogP contribution is 2.26. The fourth-order valence-corrected chi connectivity index (χ4v) is 2.20. The number of rotatable bonds is 4. The van der Waals surface area contributed by atoms with E-state index in [9.17, 15) is 5.26 Å². The third-order valence-electron chi connectivity index (χ3n) is 3.35. The summed E-state index contributed by atoms with van der Waals surface area (Å²) in [5.74, 6) is 0.601. The Morgan fingerprint density at radius 1 is 0.909 bits per heavy atom. The Bertz CT molecular complexity index is 793. The van der Waals surface area contributed by atoms with Crippen LogP contribution >= 0.6 is 0 Å². The third-order valence-corrected chi connectivity index (χ3v) is 3.35. The number of hydrogen-bond acceptors (Lipinski definition) is 3. The molecule has 2 aromatic carbocycles. The van der Waals surface area contributed by atoms with E-state index in [1.165, 1.54) is 0 Å².